The van der Waals surface area contributed by atoms with Crippen molar-refractivity contribution in [2.75, 3.05) is 13.2 Å². The van der Waals surface area contributed by atoms with Crippen molar-refractivity contribution in [1.82, 2.24) is 9.55 Å². The number of carboxylic acids is 2. The quantitative estimate of drug-likeness (QED) is 0.419. The summed E-state index contributed by atoms with van der Waals surface area (Å²) in [5.74, 6) is -3.10. The van der Waals surface area contributed by atoms with Gasteiger partial charge in [0.2, 0.25) is 0 Å². The second-order valence-corrected chi connectivity index (χ2v) is 7.58. The fourth-order valence-corrected chi connectivity index (χ4v) is 2.90. The van der Waals surface area contributed by atoms with E-state index < -0.39 is 17.5 Å². The third-order valence-electron chi connectivity index (χ3n) is 3.80. The summed E-state index contributed by atoms with van der Waals surface area (Å²) >= 11 is 12.3. The highest BCUT2D eigenvalue weighted by molar-refractivity contribution is 6.35. The summed E-state index contributed by atoms with van der Waals surface area (Å²) in [6.45, 7) is 5.32. The molecule has 0 spiro atoms. The van der Waals surface area contributed by atoms with Crippen LogP contribution >= 0.6 is 23.2 Å². The first-order valence-corrected chi connectivity index (χ1v) is 9.48. The normalized spacial score (nSPS) is 12.8. The Morgan fingerprint density at radius 3 is 2.38 bits per heavy atom. The Bertz CT molecular complexity index is 786. The molecule has 0 saturated carbocycles. The summed E-state index contributed by atoms with van der Waals surface area (Å²) in [7, 11) is 0. The Morgan fingerprint density at radius 1 is 1.24 bits per heavy atom. The highest BCUT2D eigenvalue weighted by atomic mass is 35.5. The van der Waals surface area contributed by atoms with E-state index in [1.807, 2.05) is 0 Å². The van der Waals surface area contributed by atoms with Crippen molar-refractivity contribution in [1.29, 1.82) is 0 Å². The number of carboxylic acid groups (broad SMARTS) is 2. The standard InChI is InChI=1S/C17H22Cl2N2O2.C2H2O4/c1-13(2)5-8-23-11-17(22,10-21-7-6-20-12-21)15-4-3-14(18)9-16(15)19;3-1(4)2(5)6/h3-4,6-7,9,12-13,22H,5,8,10-11H2,1-2H3;(H,3,4)(H,5,6). The fraction of sp³-hybridized carbons (Fsp3) is 0.421. The van der Waals surface area contributed by atoms with E-state index in [0.29, 0.717) is 34.7 Å². The number of aromatic nitrogens is 2. The molecule has 1 atom stereocenters. The SMILES string of the molecule is CC(C)CCOCC(O)(Cn1ccnc1)c1ccc(Cl)cc1Cl.O=C(O)C(=O)O. The van der Waals surface area contributed by atoms with Crippen molar-refractivity contribution in [2.45, 2.75) is 32.4 Å². The molecule has 1 unspecified atom stereocenters. The van der Waals surface area contributed by atoms with Crippen molar-refractivity contribution in [3.8, 4) is 0 Å². The van der Waals surface area contributed by atoms with E-state index in [1.54, 1.807) is 41.5 Å². The topological polar surface area (TPSA) is 122 Å². The number of hydrogen-bond acceptors (Lipinski definition) is 5. The molecule has 0 fully saturated rings. The van der Waals surface area contributed by atoms with Crippen molar-refractivity contribution >= 4 is 35.1 Å². The number of halogens is 2. The van der Waals surface area contributed by atoms with Gasteiger partial charge in [0.1, 0.15) is 5.60 Å². The third kappa shape index (κ3) is 8.82. The van der Waals surface area contributed by atoms with Crippen LogP contribution in [0.15, 0.2) is 36.9 Å². The van der Waals surface area contributed by atoms with Gasteiger partial charge >= 0.3 is 11.9 Å². The van der Waals surface area contributed by atoms with E-state index in [0.717, 1.165) is 6.42 Å². The van der Waals surface area contributed by atoms with Gasteiger partial charge in [-0.15, -0.1) is 0 Å². The van der Waals surface area contributed by atoms with Crippen LogP contribution in [0, 0.1) is 5.92 Å². The number of aliphatic carboxylic acids is 2. The van der Waals surface area contributed by atoms with Gasteiger partial charge in [0.15, 0.2) is 0 Å². The van der Waals surface area contributed by atoms with Crippen LogP contribution < -0.4 is 0 Å². The molecule has 160 valence electrons. The van der Waals surface area contributed by atoms with E-state index in [-0.39, 0.29) is 6.61 Å². The molecular formula is C19H24Cl2N2O6. The molecule has 1 heterocycles. The molecule has 1 aromatic heterocycles. The molecule has 2 aromatic rings. The molecule has 10 heteroatoms. The van der Waals surface area contributed by atoms with E-state index in [1.165, 1.54) is 0 Å². The minimum absolute atomic E-state index is 0.152. The molecule has 2 rings (SSSR count). The van der Waals surface area contributed by atoms with Crippen molar-refractivity contribution < 1.29 is 29.6 Å². The second kappa shape index (κ2) is 11.8. The molecule has 1 aromatic carbocycles. The second-order valence-electron chi connectivity index (χ2n) is 6.74. The van der Waals surface area contributed by atoms with Crippen LogP contribution in [0.2, 0.25) is 10.0 Å². The predicted molar refractivity (Wildman–Crippen MR) is 108 cm³/mol. The van der Waals surface area contributed by atoms with Gasteiger partial charge in [0.05, 0.1) is 19.5 Å². The summed E-state index contributed by atoms with van der Waals surface area (Å²) < 4.78 is 7.53. The number of hydrogen-bond donors (Lipinski definition) is 3. The Labute approximate surface area is 178 Å². The van der Waals surface area contributed by atoms with Crippen molar-refractivity contribution in [3.63, 3.8) is 0 Å². The fourth-order valence-electron chi connectivity index (χ4n) is 2.32. The summed E-state index contributed by atoms with van der Waals surface area (Å²) in [5, 5.41) is 26.9. The number of imidazole rings is 1. The monoisotopic (exact) mass is 446 g/mol. The highest BCUT2D eigenvalue weighted by Gasteiger charge is 2.32. The van der Waals surface area contributed by atoms with Crippen LogP contribution in [0.3, 0.4) is 0 Å². The lowest BCUT2D eigenvalue weighted by Crippen LogP contribution is -2.37. The largest absolute Gasteiger partial charge is 0.473 e. The van der Waals surface area contributed by atoms with Crippen LogP contribution in [0.25, 0.3) is 0 Å². The zero-order chi connectivity index (χ0) is 22.0. The van der Waals surface area contributed by atoms with Crippen molar-refractivity contribution in [2.24, 2.45) is 5.92 Å². The lowest BCUT2D eigenvalue weighted by Gasteiger charge is -2.30. The Hall–Kier alpha value is -2.13. The number of benzene rings is 1. The van der Waals surface area contributed by atoms with Crippen LogP contribution in [0.5, 0.6) is 0 Å². The van der Waals surface area contributed by atoms with E-state index in [9.17, 15) is 5.11 Å². The minimum atomic E-state index is -1.82. The molecule has 29 heavy (non-hydrogen) atoms. The van der Waals surface area contributed by atoms with Gasteiger partial charge < -0.3 is 24.6 Å². The zero-order valence-electron chi connectivity index (χ0n) is 16.1. The Balaban J connectivity index is 0.000000612. The predicted octanol–water partition coefficient (Wildman–Crippen LogP) is 3.30. The molecule has 0 aliphatic rings. The first kappa shape index (κ1) is 24.9. The number of rotatable bonds is 8. The van der Waals surface area contributed by atoms with Crippen LogP contribution in [0.4, 0.5) is 0 Å². The Kier molecular flexibility index (Phi) is 10.1. The van der Waals surface area contributed by atoms with Gasteiger partial charge in [-0.05, 0) is 24.5 Å². The van der Waals surface area contributed by atoms with Gasteiger partial charge in [-0.1, -0.05) is 43.1 Å². The summed E-state index contributed by atoms with van der Waals surface area (Å²) in [4.78, 5) is 22.2. The maximum Gasteiger partial charge on any atom is 0.414 e. The van der Waals surface area contributed by atoms with Crippen LogP contribution in [0.1, 0.15) is 25.8 Å². The average molecular weight is 447 g/mol. The van der Waals surface area contributed by atoms with E-state index in [2.05, 4.69) is 18.8 Å². The maximum atomic E-state index is 11.2. The number of ether oxygens (including phenoxy) is 1. The molecule has 0 saturated heterocycles. The zero-order valence-corrected chi connectivity index (χ0v) is 17.6. The number of aliphatic hydroxyl groups is 1. The van der Waals surface area contributed by atoms with Crippen LogP contribution in [-0.2, 0) is 26.5 Å². The number of carbonyl (C=O) groups is 2. The molecule has 8 nitrogen and oxygen atoms in total. The molecule has 0 bridgehead atoms. The summed E-state index contributed by atoms with van der Waals surface area (Å²) in [6.07, 6.45) is 6.06. The van der Waals surface area contributed by atoms with Gasteiger partial charge in [0, 0.05) is 34.6 Å². The van der Waals surface area contributed by atoms with Gasteiger partial charge in [-0.3, -0.25) is 0 Å². The number of nitrogens with zero attached hydrogens (tertiary/aromatic N) is 2. The highest BCUT2D eigenvalue weighted by Crippen LogP contribution is 2.32. The maximum absolute atomic E-state index is 11.2. The van der Waals surface area contributed by atoms with Gasteiger partial charge in [-0.25, -0.2) is 14.6 Å². The third-order valence-corrected chi connectivity index (χ3v) is 4.35. The van der Waals surface area contributed by atoms with E-state index in [4.69, 9.17) is 47.7 Å². The Morgan fingerprint density at radius 2 is 1.90 bits per heavy atom. The minimum Gasteiger partial charge on any atom is -0.473 e. The smallest absolute Gasteiger partial charge is 0.414 e. The lowest BCUT2D eigenvalue weighted by atomic mass is 9.94. The van der Waals surface area contributed by atoms with Crippen molar-refractivity contribution in [3.05, 3.63) is 52.5 Å². The molecule has 0 amide bonds. The van der Waals surface area contributed by atoms with Gasteiger partial charge in [-0.2, -0.15) is 0 Å². The average Bonchev–Trinajstić information content (AvgIpc) is 3.11. The molecular weight excluding hydrogens is 423 g/mol. The first-order valence-electron chi connectivity index (χ1n) is 8.72. The summed E-state index contributed by atoms with van der Waals surface area (Å²) in [5.41, 5.74) is -0.652. The lowest BCUT2D eigenvalue weighted by molar-refractivity contribution is -0.159. The van der Waals surface area contributed by atoms with Crippen LogP contribution in [-0.4, -0.2) is 50.0 Å². The molecule has 3 N–H and O–H groups in total. The molecule has 0 radical (unpaired) electrons. The first-order chi connectivity index (χ1) is 13.5. The van der Waals surface area contributed by atoms with Gasteiger partial charge in [0.25, 0.3) is 0 Å². The summed E-state index contributed by atoms with van der Waals surface area (Å²) in [6, 6.07) is 5.09. The molecule has 0 aliphatic heterocycles. The molecule has 0 aliphatic carbocycles. The van der Waals surface area contributed by atoms with E-state index >= 15 is 0 Å².